The van der Waals surface area contributed by atoms with Gasteiger partial charge in [-0.05, 0) is 23.5 Å². The van der Waals surface area contributed by atoms with Crippen molar-refractivity contribution in [3.63, 3.8) is 0 Å². The number of nitrogens with two attached hydrogens (primary N) is 1. The standard InChI is InChI=1S/C15H22N2O3.H2/c1-4-11-7-5-6-8-12(11)9-20-15(19)17-13(10(2)3)14(16)18;/h5-8,10,13H,4,9H2,1-3H3,(H2,16,18)(H,17,19);1H. The number of primary amides is 1. The quantitative estimate of drug-likeness (QED) is 0.838. The Bertz CT molecular complexity index is 478. The third-order valence-corrected chi connectivity index (χ3v) is 3.10. The van der Waals surface area contributed by atoms with Crippen LogP contribution in [-0.4, -0.2) is 18.0 Å². The number of carbonyl (C=O) groups excluding carboxylic acids is 2. The Morgan fingerprint density at radius 2 is 1.90 bits per heavy atom. The lowest BCUT2D eigenvalue weighted by Crippen LogP contribution is -2.47. The molecule has 1 unspecified atom stereocenters. The molecule has 0 bridgehead atoms. The largest absolute Gasteiger partial charge is 0.445 e. The maximum atomic E-state index is 11.7. The van der Waals surface area contributed by atoms with Crippen LogP contribution in [0.4, 0.5) is 4.79 Å². The van der Waals surface area contributed by atoms with Gasteiger partial charge in [-0.2, -0.15) is 0 Å². The van der Waals surface area contributed by atoms with Crippen molar-refractivity contribution in [1.29, 1.82) is 0 Å². The lowest BCUT2D eigenvalue weighted by molar-refractivity contribution is -0.120. The Labute approximate surface area is 121 Å². The van der Waals surface area contributed by atoms with Crippen LogP contribution in [0.3, 0.4) is 0 Å². The summed E-state index contributed by atoms with van der Waals surface area (Å²) in [5.74, 6) is -0.645. The minimum Gasteiger partial charge on any atom is -0.445 e. The van der Waals surface area contributed by atoms with Crippen molar-refractivity contribution in [2.24, 2.45) is 11.7 Å². The highest BCUT2D eigenvalue weighted by molar-refractivity contribution is 5.84. The summed E-state index contributed by atoms with van der Waals surface area (Å²) in [7, 11) is 0. The van der Waals surface area contributed by atoms with Crippen molar-refractivity contribution in [3.05, 3.63) is 35.4 Å². The summed E-state index contributed by atoms with van der Waals surface area (Å²) in [6.45, 7) is 5.84. The molecule has 5 heteroatoms. The molecule has 20 heavy (non-hydrogen) atoms. The summed E-state index contributed by atoms with van der Waals surface area (Å²) in [5, 5.41) is 2.49. The van der Waals surface area contributed by atoms with Crippen LogP contribution in [0.2, 0.25) is 0 Å². The fourth-order valence-corrected chi connectivity index (χ4v) is 1.92. The Morgan fingerprint density at radius 1 is 1.30 bits per heavy atom. The van der Waals surface area contributed by atoms with Gasteiger partial charge < -0.3 is 15.8 Å². The number of rotatable bonds is 6. The average molecular weight is 280 g/mol. The second kappa shape index (κ2) is 7.53. The van der Waals surface area contributed by atoms with Gasteiger partial charge in [0.15, 0.2) is 0 Å². The van der Waals surface area contributed by atoms with Crippen LogP contribution in [0.1, 0.15) is 33.3 Å². The molecule has 0 aliphatic heterocycles. The number of nitrogens with one attached hydrogen (secondary N) is 1. The molecule has 0 aliphatic rings. The van der Waals surface area contributed by atoms with E-state index in [4.69, 9.17) is 10.5 Å². The first-order valence-electron chi connectivity index (χ1n) is 6.75. The monoisotopic (exact) mass is 280 g/mol. The van der Waals surface area contributed by atoms with E-state index >= 15 is 0 Å². The van der Waals surface area contributed by atoms with Gasteiger partial charge in [0.1, 0.15) is 12.6 Å². The maximum Gasteiger partial charge on any atom is 0.408 e. The van der Waals surface area contributed by atoms with Crippen LogP contribution in [0.15, 0.2) is 24.3 Å². The van der Waals surface area contributed by atoms with E-state index in [2.05, 4.69) is 5.32 Å². The normalized spacial score (nSPS) is 12.0. The molecule has 0 saturated heterocycles. The van der Waals surface area contributed by atoms with Gasteiger partial charge in [-0.3, -0.25) is 4.79 Å². The van der Waals surface area contributed by atoms with Gasteiger partial charge in [-0.25, -0.2) is 4.79 Å². The van der Waals surface area contributed by atoms with Crippen LogP contribution in [0.5, 0.6) is 0 Å². The van der Waals surface area contributed by atoms with Gasteiger partial charge in [0.25, 0.3) is 0 Å². The molecule has 0 heterocycles. The highest BCUT2D eigenvalue weighted by atomic mass is 16.5. The van der Waals surface area contributed by atoms with Gasteiger partial charge in [-0.1, -0.05) is 45.0 Å². The van der Waals surface area contributed by atoms with Crippen LogP contribution in [0.25, 0.3) is 0 Å². The highest BCUT2D eigenvalue weighted by Crippen LogP contribution is 2.11. The highest BCUT2D eigenvalue weighted by Gasteiger charge is 2.22. The van der Waals surface area contributed by atoms with Crippen molar-refractivity contribution < 1.29 is 15.8 Å². The summed E-state index contributed by atoms with van der Waals surface area (Å²) in [6, 6.07) is 7.04. The van der Waals surface area contributed by atoms with Crippen molar-refractivity contribution in [3.8, 4) is 0 Å². The van der Waals surface area contributed by atoms with E-state index in [1.807, 2.05) is 45.0 Å². The van der Waals surface area contributed by atoms with Crippen LogP contribution >= 0.6 is 0 Å². The number of amides is 2. The molecular weight excluding hydrogens is 256 g/mol. The molecule has 1 aromatic carbocycles. The zero-order chi connectivity index (χ0) is 15.1. The minimum atomic E-state index is -0.719. The van der Waals surface area contributed by atoms with Crippen molar-refractivity contribution >= 4 is 12.0 Å². The molecule has 1 rings (SSSR count). The number of hydrogen-bond acceptors (Lipinski definition) is 3. The summed E-state index contributed by atoms with van der Waals surface area (Å²) in [6.07, 6.45) is 0.241. The summed E-state index contributed by atoms with van der Waals surface area (Å²) < 4.78 is 5.14. The number of benzene rings is 1. The second-order valence-corrected chi connectivity index (χ2v) is 4.97. The van der Waals surface area contributed by atoms with Gasteiger partial charge in [-0.15, -0.1) is 0 Å². The molecule has 0 saturated carbocycles. The van der Waals surface area contributed by atoms with Crippen LogP contribution in [0, 0.1) is 5.92 Å². The third kappa shape index (κ3) is 4.57. The van der Waals surface area contributed by atoms with Crippen molar-refractivity contribution in [1.82, 2.24) is 5.32 Å². The van der Waals surface area contributed by atoms with Crippen molar-refractivity contribution in [2.75, 3.05) is 0 Å². The molecule has 0 fully saturated rings. The molecular formula is C15H24N2O3. The van der Waals surface area contributed by atoms with E-state index < -0.39 is 18.0 Å². The number of hydrogen-bond donors (Lipinski definition) is 2. The van der Waals surface area contributed by atoms with Gasteiger partial charge in [0, 0.05) is 1.43 Å². The molecule has 0 spiro atoms. The Balaban J connectivity index is 0.00000400. The number of aryl methyl sites for hydroxylation is 1. The van der Waals surface area contributed by atoms with Gasteiger partial charge in [0.05, 0.1) is 0 Å². The van der Waals surface area contributed by atoms with E-state index in [0.29, 0.717) is 0 Å². The first-order valence-corrected chi connectivity index (χ1v) is 6.75. The van der Waals surface area contributed by atoms with E-state index in [1.54, 1.807) is 0 Å². The molecule has 3 N–H and O–H groups in total. The molecule has 2 amide bonds. The van der Waals surface area contributed by atoms with Crippen LogP contribution in [-0.2, 0) is 22.6 Å². The summed E-state index contributed by atoms with van der Waals surface area (Å²) in [5.41, 5.74) is 7.33. The lowest BCUT2D eigenvalue weighted by Gasteiger charge is -2.18. The van der Waals surface area contributed by atoms with E-state index in [9.17, 15) is 9.59 Å². The van der Waals surface area contributed by atoms with Gasteiger partial charge >= 0.3 is 6.09 Å². The Hall–Kier alpha value is -2.04. The lowest BCUT2D eigenvalue weighted by atomic mass is 10.0. The minimum absolute atomic E-state index is 0. The molecule has 1 aromatic rings. The SMILES string of the molecule is CCc1ccccc1COC(=O)NC(C(N)=O)C(C)C.[HH]. The molecule has 112 valence electrons. The van der Waals surface area contributed by atoms with E-state index in [0.717, 1.165) is 17.5 Å². The fraction of sp³-hybridized carbons (Fsp3) is 0.467. The zero-order valence-corrected chi connectivity index (χ0v) is 12.2. The second-order valence-electron chi connectivity index (χ2n) is 4.97. The molecule has 0 radical (unpaired) electrons. The Kier molecular flexibility index (Phi) is 6.03. The van der Waals surface area contributed by atoms with Gasteiger partial charge in [0.2, 0.25) is 5.91 Å². The summed E-state index contributed by atoms with van der Waals surface area (Å²) in [4.78, 5) is 22.9. The summed E-state index contributed by atoms with van der Waals surface area (Å²) >= 11 is 0. The Morgan fingerprint density at radius 3 is 2.40 bits per heavy atom. The number of ether oxygens (including phenoxy) is 1. The van der Waals surface area contributed by atoms with E-state index in [1.165, 1.54) is 0 Å². The smallest absolute Gasteiger partial charge is 0.408 e. The molecule has 1 atom stereocenters. The average Bonchev–Trinajstić information content (AvgIpc) is 2.42. The molecule has 0 aromatic heterocycles. The number of carbonyl (C=O) groups is 2. The van der Waals surface area contributed by atoms with Crippen LogP contribution < -0.4 is 11.1 Å². The van der Waals surface area contributed by atoms with E-state index in [-0.39, 0.29) is 14.0 Å². The molecule has 0 aliphatic carbocycles. The number of alkyl carbamates (subject to hydrolysis) is 1. The maximum absolute atomic E-state index is 11.7. The molecule has 5 nitrogen and oxygen atoms in total. The first-order chi connectivity index (χ1) is 9.45. The zero-order valence-electron chi connectivity index (χ0n) is 12.2. The fourth-order valence-electron chi connectivity index (χ4n) is 1.92. The third-order valence-electron chi connectivity index (χ3n) is 3.10. The predicted molar refractivity (Wildman–Crippen MR) is 79.1 cm³/mol. The first kappa shape index (κ1) is 16.0. The predicted octanol–water partition coefficient (Wildman–Crippen LogP) is 2.23. The van der Waals surface area contributed by atoms with Crippen molar-refractivity contribution in [2.45, 2.75) is 39.8 Å². The topological polar surface area (TPSA) is 81.4 Å².